The second kappa shape index (κ2) is 7.03. The van der Waals surface area contributed by atoms with Gasteiger partial charge in [0.2, 0.25) is 0 Å². The standard InChI is InChI=1S/C17H16Cl2O3/c1-10-8-11(22-2)6-7-12(10)13(17(20)21)9-14-15(18)4-3-5-16(14)19/h3-8,13H,9H2,1-2H3,(H,20,21). The van der Waals surface area contributed by atoms with Gasteiger partial charge < -0.3 is 9.84 Å². The van der Waals surface area contributed by atoms with E-state index in [9.17, 15) is 9.90 Å². The molecule has 0 saturated heterocycles. The fourth-order valence-electron chi connectivity index (χ4n) is 2.43. The molecule has 2 aromatic rings. The molecule has 5 heteroatoms. The largest absolute Gasteiger partial charge is 0.497 e. The van der Waals surface area contributed by atoms with Crippen molar-refractivity contribution >= 4 is 29.2 Å². The molecule has 3 nitrogen and oxygen atoms in total. The molecule has 2 aromatic carbocycles. The highest BCUT2D eigenvalue weighted by Gasteiger charge is 2.24. The van der Waals surface area contributed by atoms with E-state index >= 15 is 0 Å². The van der Waals surface area contributed by atoms with Gasteiger partial charge in [-0.25, -0.2) is 0 Å². The Morgan fingerprint density at radius 3 is 2.36 bits per heavy atom. The Hall–Kier alpha value is -1.71. The molecule has 1 unspecified atom stereocenters. The van der Waals surface area contributed by atoms with Crippen molar-refractivity contribution in [2.45, 2.75) is 19.3 Å². The summed E-state index contributed by atoms with van der Waals surface area (Å²) >= 11 is 12.3. The van der Waals surface area contributed by atoms with Crippen LogP contribution in [0.2, 0.25) is 10.0 Å². The van der Waals surface area contributed by atoms with Gasteiger partial charge in [0.25, 0.3) is 0 Å². The maximum absolute atomic E-state index is 11.7. The SMILES string of the molecule is COc1ccc(C(Cc2c(Cl)cccc2Cl)C(=O)O)c(C)c1. The van der Waals surface area contributed by atoms with Crippen molar-refractivity contribution in [2.75, 3.05) is 7.11 Å². The van der Waals surface area contributed by atoms with Crippen LogP contribution in [0, 0.1) is 6.92 Å². The Balaban J connectivity index is 2.41. The second-order valence-electron chi connectivity index (χ2n) is 5.02. The maximum Gasteiger partial charge on any atom is 0.311 e. The molecule has 0 spiro atoms. The number of carboxylic acids is 1. The Bertz CT molecular complexity index is 678. The van der Waals surface area contributed by atoms with Crippen molar-refractivity contribution in [1.82, 2.24) is 0 Å². The molecule has 0 aliphatic heterocycles. The summed E-state index contributed by atoms with van der Waals surface area (Å²) in [4.78, 5) is 11.7. The third-order valence-corrected chi connectivity index (χ3v) is 4.33. The van der Waals surface area contributed by atoms with E-state index in [0.717, 1.165) is 11.1 Å². The third kappa shape index (κ3) is 3.54. The Morgan fingerprint density at radius 2 is 1.86 bits per heavy atom. The van der Waals surface area contributed by atoms with Gasteiger partial charge in [-0.2, -0.15) is 0 Å². The first-order chi connectivity index (χ1) is 10.4. The van der Waals surface area contributed by atoms with E-state index in [1.54, 1.807) is 37.4 Å². The highest BCUT2D eigenvalue weighted by Crippen LogP contribution is 2.32. The number of ether oxygens (including phenoxy) is 1. The molecular weight excluding hydrogens is 323 g/mol. The summed E-state index contributed by atoms with van der Waals surface area (Å²) in [6, 6.07) is 10.5. The second-order valence-corrected chi connectivity index (χ2v) is 5.83. The van der Waals surface area contributed by atoms with Crippen LogP contribution in [-0.2, 0) is 11.2 Å². The minimum absolute atomic E-state index is 0.237. The minimum atomic E-state index is -0.913. The lowest BCUT2D eigenvalue weighted by Crippen LogP contribution is -2.16. The fourth-order valence-corrected chi connectivity index (χ4v) is 2.98. The van der Waals surface area contributed by atoms with Crippen LogP contribution < -0.4 is 4.74 Å². The van der Waals surface area contributed by atoms with E-state index in [-0.39, 0.29) is 6.42 Å². The van der Waals surface area contributed by atoms with Gasteiger partial charge >= 0.3 is 5.97 Å². The van der Waals surface area contributed by atoms with E-state index < -0.39 is 11.9 Å². The number of methoxy groups -OCH3 is 1. The highest BCUT2D eigenvalue weighted by molar-refractivity contribution is 6.36. The van der Waals surface area contributed by atoms with Crippen LogP contribution in [0.25, 0.3) is 0 Å². The normalized spacial score (nSPS) is 12.0. The van der Waals surface area contributed by atoms with Crippen LogP contribution in [0.3, 0.4) is 0 Å². The third-order valence-electron chi connectivity index (χ3n) is 3.62. The number of halogens is 2. The molecule has 0 aliphatic rings. The molecule has 0 aromatic heterocycles. The summed E-state index contributed by atoms with van der Waals surface area (Å²) in [7, 11) is 1.58. The van der Waals surface area contributed by atoms with Crippen molar-refractivity contribution in [1.29, 1.82) is 0 Å². The maximum atomic E-state index is 11.7. The lowest BCUT2D eigenvalue weighted by molar-refractivity contribution is -0.138. The van der Waals surface area contributed by atoms with Gasteiger partial charge in [0.1, 0.15) is 5.75 Å². The smallest absolute Gasteiger partial charge is 0.311 e. The predicted octanol–water partition coefficient (Wildman–Crippen LogP) is 4.72. The predicted molar refractivity (Wildman–Crippen MR) is 88.3 cm³/mol. The van der Waals surface area contributed by atoms with E-state index in [0.29, 0.717) is 21.4 Å². The van der Waals surface area contributed by atoms with Crippen LogP contribution in [0.15, 0.2) is 36.4 Å². The molecule has 0 fully saturated rings. The molecule has 116 valence electrons. The number of rotatable bonds is 5. The zero-order chi connectivity index (χ0) is 16.3. The summed E-state index contributed by atoms with van der Waals surface area (Å²) < 4.78 is 5.16. The highest BCUT2D eigenvalue weighted by atomic mass is 35.5. The summed E-state index contributed by atoms with van der Waals surface area (Å²) in [5.41, 5.74) is 2.23. The first kappa shape index (κ1) is 16.7. The van der Waals surface area contributed by atoms with Crippen molar-refractivity contribution in [3.63, 3.8) is 0 Å². The number of benzene rings is 2. The Kier molecular flexibility index (Phi) is 5.33. The number of aryl methyl sites for hydroxylation is 1. The van der Waals surface area contributed by atoms with Gasteiger partial charge in [-0.05, 0) is 54.3 Å². The Morgan fingerprint density at radius 1 is 1.23 bits per heavy atom. The Labute approximate surface area is 139 Å². The number of aliphatic carboxylic acids is 1. The molecule has 1 atom stereocenters. The van der Waals surface area contributed by atoms with E-state index in [2.05, 4.69) is 0 Å². The molecule has 0 amide bonds. The van der Waals surface area contributed by atoms with Crippen molar-refractivity contribution < 1.29 is 14.6 Å². The van der Waals surface area contributed by atoms with Crippen LogP contribution in [0.5, 0.6) is 5.75 Å². The molecular formula is C17H16Cl2O3. The van der Waals surface area contributed by atoms with Crippen LogP contribution in [0.1, 0.15) is 22.6 Å². The quantitative estimate of drug-likeness (QED) is 0.857. The molecule has 0 bridgehead atoms. The lowest BCUT2D eigenvalue weighted by atomic mass is 9.89. The van der Waals surface area contributed by atoms with Crippen molar-refractivity contribution in [3.8, 4) is 5.75 Å². The van der Waals surface area contributed by atoms with E-state index in [1.165, 1.54) is 0 Å². The van der Waals surface area contributed by atoms with Gasteiger partial charge in [-0.3, -0.25) is 4.79 Å². The molecule has 0 heterocycles. The van der Waals surface area contributed by atoms with Gasteiger partial charge in [0.05, 0.1) is 13.0 Å². The van der Waals surface area contributed by atoms with Gasteiger partial charge in [-0.15, -0.1) is 0 Å². The molecule has 0 aliphatic carbocycles. The van der Waals surface area contributed by atoms with E-state index in [1.807, 2.05) is 13.0 Å². The summed E-state index contributed by atoms with van der Waals surface area (Å²) in [6.45, 7) is 1.86. The molecule has 0 saturated carbocycles. The summed E-state index contributed by atoms with van der Waals surface area (Å²) in [6.07, 6.45) is 0.237. The van der Waals surface area contributed by atoms with Gasteiger partial charge in [0, 0.05) is 10.0 Å². The summed E-state index contributed by atoms with van der Waals surface area (Å²) in [5.74, 6) is -0.936. The van der Waals surface area contributed by atoms with Crippen molar-refractivity contribution in [3.05, 3.63) is 63.1 Å². The zero-order valence-corrected chi connectivity index (χ0v) is 13.8. The first-order valence-electron chi connectivity index (χ1n) is 6.74. The first-order valence-corrected chi connectivity index (χ1v) is 7.50. The zero-order valence-electron chi connectivity index (χ0n) is 12.3. The molecule has 0 radical (unpaired) electrons. The molecule has 22 heavy (non-hydrogen) atoms. The number of hydrogen-bond donors (Lipinski definition) is 1. The van der Waals surface area contributed by atoms with Gasteiger partial charge in [-0.1, -0.05) is 35.3 Å². The minimum Gasteiger partial charge on any atom is -0.497 e. The molecule has 1 N–H and O–H groups in total. The topological polar surface area (TPSA) is 46.5 Å². The van der Waals surface area contributed by atoms with Crippen LogP contribution >= 0.6 is 23.2 Å². The van der Waals surface area contributed by atoms with Crippen LogP contribution in [-0.4, -0.2) is 18.2 Å². The lowest BCUT2D eigenvalue weighted by Gasteiger charge is -2.17. The molecule has 2 rings (SSSR count). The monoisotopic (exact) mass is 338 g/mol. The van der Waals surface area contributed by atoms with E-state index in [4.69, 9.17) is 27.9 Å². The fraction of sp³-hybridized carbons (Fsp3) is 0.235. The summed E-state index contributed by atoms with van der Waals surface area (Å²) in [5, 5.41) is 10.6. The number of carboxylic acid groups (broad SMARTS) is 1. The number of carbonyl (C=O) groups is 1. The van der Waals surface area contributed by atoms with Crippen molar-refractivity contribution in [2.24, 2.45) is 0 Å². The number of hydrogen-bond acceptors (Lipinski definition) is 2. The van der Waals surface area contributed by atoms with Gasteiger partial charge in [0.15, 0.2) is 0 Å². The van der Waals surface area contributed by atoms with Crippen LogP contribution in [0.4, 0.5) is 0 Å². The average Bonchev–Trinajstić information content (AvgIpc) is 2.47. The average molecular weight is 339 g/mol.